The van der Waals surface area contributed by atoms with Crippen LogP contribution in [0.15, 0.2) is 54.6 Å². The van der Waals surface area contributed by atoms with Crippen molar-refractivity contribution < 1.29 is 4.74 Å². The molecule has 2 aromatic rings. The highest BCUT2D eigenvalue weighted by Crippen LogP contribution is 2.15. The van der Waals surface area contributed by atoms with Gasteiger partial charge in [-0.15, -0.1) is 11.6 Å². The van der Waals surface area contributed by atoms with Crippen LogP contribution in [0.1, 0.15) is 11.1 Å². The van der Waals surface area contributed by atoms with Crippen LogP contribution < -0.4 is 4.74 Å². The molecule has 0 amide bonds. The zero-order valence-corrected chi connectivity index (χ0v) is 10.4. The van der Waals surface area contributed by atoms with Crippen LogP contribution >= 0.6 is 11.6 Å². The summed E-state index contributed by atoms with van der Waals surface area (Å²) in [4.78, 5) is 0. The fraction of sp³-hybridized carbons (Fsp3) is 0.200. The lowest BCUT2D eigenvalue weighted by atomic mass is 10.1. The molecule has 0 saturated heterocycles. The van der Waals surface area contributed by atoms with Gasteiger partial charge in [-0.05, 0) is 29.7 Å². The molecule has 2 aromatic carbocycles. The summed E-state index contributed by atoms with van der Waals surface area (Å²) in [6.07, 6.45) is 0.955. The number of ether oxygens (including phenoxy) is 1. The SMILES string of the molecule is ClCCOc1ccc(Cc2ccccc2)cc1. The van der Waals surface area contributed by atoms with Crippen LogP contribution in [0.4, 0.5) is 0 Å². The molecule has 0 heterocycles. The molecule has 0 N–H and O–H groups in total. The van der Waals surface area contributed by atoms with Gasteiger partial charge in [0, 0.05) is 0 Å². The van der Waals surface area contributed by atoms with E-state index in [2.05, 4.69) is 36.4 Å². The van der Waals surface area contributed by atoms with Crippen LogP contribution in [0, 0.1) is 0 Å². The van der Waals surface area contributed by atoms with Gasteiger partial charge in [-0.3, -0.25) is 0 Å². The standard InChI is InChI=1S/C15H15ClO/c16-10-11-17-15-8-6-14(7-9-15)12-13-4-2-1-3-5-13/h1-9H,10-12H2. The van der Waals surface area contributed by atoms with E-state index in [9.17, 15) is 0 Å². The third kappa shape index (κ3) is 3.79. The Hall–Kier alpha value is -1.47. The fourth-order valence-corrected chi connectivity index (χ4v) is 1.77. The Morgan fingerprint density at radius 2 is 1.47 bits per heavy atom. The van der Waals surface area contributed by atoms with Crippen molar-refractivity contribution in [1.29, 1.82) is 0 Å². The summed E-state index contributed by atoms with van der Waals surface area (Å²) < 4.78 is 5.43. The summed E-state index contributed by atoms with van der Waals surface area (Å²) in [7, 11) is 0. The Morgan fingerprint density at radius 1 is 0.824 bits per heavy atom. The van der Waals surface area contributed by atoms with Crippen molar-refractivity contribution in [2.75, 3.05) is 12.5 Å². The Kier molecular flexibility index (Phi) is 4.45. The molecule has 1 nitrogen and oxygen atoms in total. The minimum atomic E-state index is 0.520. The van der Waals surface area contributed by atoms with Crippen molar-refractivity contribution in [3.8, 4) is 5.75 Å². The molecule has 88 valence electrons. The molecule has 0 aliphatic heterocycles. The van der Waals surface area contributed by atoms with Gasteiger partial charge in [-0.1, -0.05) is 42.5 Å². The predicted octanol–water partition coefficient (Wildman–Crippen LogP) is 3.90. The molecule has 0 aliphatic rings. The quantitative estimate of drug-likeness (QED) is 0.728. The van der Waals surface area contributed by atoms with Gasteiger partial charge in [0.05, 0.1) is 5.88 Å². The van der Waals surface area contributed by atoms with Crippen molar-refractivity contribution >= 4 is 11.6 Å². The Balaban J connectivity index is 1.98. The van der Waals surface area contributed by atoms with E-state index >= 15 is 0 Å². The molecule has 0 saturated carbocycles. The Labute approximate surface area is 107 Å². The van der Waals surface area contributed by atoms with Crippen LogP contribution in [0.5, 0.6) is 5.75 Å². The first-order chi connectivity index (χ1) is 8.38. The second-order valence-electron chi connectivity index (χ2n) is 3.84. The van der Waals surface area contributed by atoms with Crippen LogP contribution in [0.25, 0.3) is 0 Å². The largest absolute Gasteiger partial charge is 0.492 e. The van der Waals surface area contributed by atoms with Crippen LogP contribution in [-0.2, 0) is 6.42 Å². The van der Waals surface area contributed by atoms with E-state index in [0.29, 0.717) is 12.5 Å². The maximum atomic E-state index is 5.57. The summed E-state index contributed by atoms with van der Waals surface area (Å²) in [5, 5.41) is 0. The van der Waals surface area contributed by atoms with Crippen molar-refractivity contribution in [3.05, 3.63) is 65.7 Å². The molecule has 0 aromatic heterocycles. The Morgan fingerprint density at radius 3 is 2.12 bits per heavy atom. The molecular weight excluding hydrogens is 232 g/mol. The molecule has 0 atom stereocenters. The smallest absolute Gasteiger partial charge is 0.119 e. The Bertz CT molecular complexity index is 436. The summed E-state index contributed by atoms with van der Waals surface area (Å²) in [5.41, 5.74) is 2.61. The van der Waals surface area contributed by atoms with E-state index in [1.807, 2.05) is 18.2 Å². The van der Waals surface area contributed by atoms with Crippen molar-refractivity contribution in [1.82, 2.24) is 0 Å². The summed E-state index contributed by atoms with van der Waals surface area (Å²) in [5.74, 6) is 1.40. The first kappa shape index (κ1) is 12.0. The fourth-order valence-electron chi connectivity index (χ4n) is 1.69. The van der Waals surface area contributed by atoms with E-state index in [4.69, 9.17) is 16.3 Å². The van der Waals surface area contributed by atoms with Crippen LogP contribution in [0.2, 0.25) is 0 Å². The van der Waals surface area contributed by atoms with Crippen LogP contribution in [-0.4, -0.2) is 12.5 Å². The van der Waals surface area contributed by atoms with Gasteiger partial charge in [0.25, 0.3) is 0 Å². The van der Waals surface area contributed by atoms with Crippen LogP contribution in [0.3, 0.4) is 0 Å². The molecular formula is C15H15ClO. The first-order valence-electron chi connectivity index (χ1n) is 5.70. The van der Waals surface area contributed by atoms with Crippen molar-refractivity contribution in [2.45, 2.75) is 6.42 Å². The average Bonchev–Trinajstić information content (AvgIpc) is 2.39. The van der Waals surface area contributed by atoms with Gasteiger partial charge in [-0.25, -0.2) is 0 Å². The minimum absolute atomic E-state index is 0.520. The van der Waals surface area contributed by atoms with Crippen molar-refractivity contribution in [3.63, 3.8) is 0 Å². The first-order valence-corrected chi connectivity index (χ1v) is 6.23. The number of hydrogen-bond acceptors (Lipinski definition) is 1. The lowest BCUT2D eigenvalue weighted by Gasteiger charge is -2.05. The molecule has 0 aliphatic carbocycles. The maximum absolute atomic E-state index is 5.57. The zero-order valence-electron chi connectivity index (χ0n) is 9.60. The molecule has 0 bridgehead atoms. The van der Waals surface area contributed by atoms with Crippen molar-refractivity contribution in [2.24, 2.45) is 0 Å². The second kappa shape index (κ2) is 6.31. The topological polar surface area (TPSA) is 9.23 Å². The maximum Gasteiger partial charge on any atom is 0.119 e. The monoisotopic (exact) mass is 246 g/mol. The highest BCUT2D eigenvalue weighted by atomic mass is 35.5. The van der Waals surface area contributed by atoms with Gasteiger partial charge in [0.15, 0.2) is 0 Å². The molecule has 2 heteroatoms. The van der Waals surface area contributed by atoms with E-state index < -0.39 is 0 Å². The predicted molar refractivity (Wildman–Crippen MR) is 71.9 cm³/mol. The van der Waals surface area contributed by atoms with Gasteiger partial charge < -0.3 is 4.74 Å². The van der Waals surface area contributed by atoms with E-state index in [1.54, 1.807) is 0 Å². The van der Waals surface area contributed by atoms with E-state index in [-0.39, 0.29) is 0 Å². The number of hydrogen-bond donors (Lipinski definition) is 0. The van der Waals surface area contributed by atoms with Gasteiger partial charge in [-0.2, -0.15) is 0 Å². The van der Waals surface area contributed by atoms with E-state index in [0.717, 1.165) is 12.2 Å². The molecule has 0 spiro atoms. The molecule has 0 fully saturated rings. The number of alkyl halides is 1. The number of benzene rings is 2. The molecule has 0 radical (unpaired) electrons. The third-order valence-corrected chi connectivity index (χ3v) is 2.67. The van der Waals surface area contributed by atoms with Gasteiger partial charge >= 0.3 is 0 Å². The highest BCUT2D eigenvalue weighted by molar-refractivity contribution is 6.17. The lowest BCUT2D eigenvalue weighted by Crippen LogP contribution is -1.98. The molecule has 0 unspecified atom stereocenters. The van der Waals surface area contributed by atoms with E-state index in [1.165, 1.54) is 11.1 Å². The van der Waals surface area contributed by atoms with Gasteiger partial charge in [0.2, 0.25) is 0 Å². The van der Waals surface area contributed by atoms with Gasteiger partial charge in [0.1, 0.15) is 12.4 Å². The minimum Gasteiger partial charge on any atom is -0.492 e. The molecule has 17 heavy (non-hydrogen) atoms. The third-order valence-electron chi connectivity index (χ3n) is 2.52. The summed E-state index contributed by atoms with van der Waals surface area (Å²) in [6.45, 7) is 0.555. The highest BCUT2D eigenvalue weighted by Gasteiger charge is 1.97. The summed E-state index contributed by atoms with van der Waals surface area (Å²) >= 11 is 5.57. The zero-order chi connectivity index (χ0) is 11.9. The lowest BCUT2D eigenvalue weighted by molar-refractivity contribution is 0.342. The number of halogens is 1. The molecule has 2 rings (SSSR count). The number of rotatable bonds is 5. The second-order valence-corrected chi connectivity index (χ2v) is 4.22. The normalized spacial score (nSPS) is 10.2. The average molecular weight is 247 g/mol. The summed E-state index contributed by atoms with van der Waals surface area (Å²) in [6, 6.07) is 18.6.